The number of carbonyl (C=O) groups is 1. The van der Waals surface area contributed by atoms with Crippen molar-refractivity contribution < 1.29 is 13.9 Å². The number of amides is 1. The Morgan fingerprint density at radius 1 is 1.16 bits per heavy atom. The SMILES string of the molecule is CCOc1ccccc1N1CCN(C(=O)c2cc(Cl)ccc2F)CC1. The Morgan fingerprint density at radius 2 is 1.88 bits per heavy atom. The van der Waals surface area contributed by atoms with Crippen molar-refractivity contribution in [3.05, 3.63) is 58.9 Å². The fraction of sp³-hybridized carbons (Fsp3) is 0.316. The van der Waals surface area contributed by atoms with Gasteiger partial charge in [-0.2, -0.15) is 0 Å². The maximum Gasteiger partial charge on any atom is 0.257 e. The average molecular weight is 363 g/mol. The largest absolute Gasteiger partial charge is 0.492 e. The minimum atomic E-state index is -0.543. The van der Waals surface area contributed by atoms with Crippen molar-refractivity contribution in [2.75, 3.05) is 37.7 Å². The Hall–Kier alpha value is -2.27. The minimum Gasteiger partial charge on any atom is -0.492 e. The molecule has 132 valence electrons. The highest BCUT2D eigenvalue weighted by atomic mass is 35.5. The molecule has 0 atom stereocenters. The lowest BCUT2D eigenvalue weighted by Crippen LogP contribution is -2.49. The molecule has 1 fully saturated rings. The summed E-state index contributed by atoms with van der Waals surface area (Å²) < 4.78 is 19.6. The molecular formula is C19H20ClFN2O2. The van der Waals surface area contributed by atoms with Gasteiger partial charge in [0.2, 0.25) is 0 Å². The molecule has 0 radical (unpaired) electrons. The van der Waals surface area contributed by atoms with Crippen LogP contribution in [0, 0.1) is 5.82 Å². The van der Waals surface area contributed by atoms with Crippen molar-refractivity contribution in [1.29, 1.82) is 0 Å². The summed E-state index contributed by atoms with van der Waals surface area (Å²) in [5.41, 5.74) is 1.04. The van der Waals surface area contributed by atoms with E-state index in [9.17, 15) is 9.18 Å². The maximum atomic E-state index is 13.9. The third kappa shape index (κ3) is 3.87. The van der Waals surface area contributed by atoms with Gasteiger partial charge in [-0.3, -0.25) is 4.79 Å². The molecule has 0 aliphatic carbocycles. The van der Waals surface area contributed by atoms with Gasteiger partial charge in [0.1, 0.15) is 11.6 Å². The number of benzene rings is 2. The van der Waals surface area contributed by atoms with Gasteiger partial charge in [-0.1, -0.05) is 23.7 Å². The first-order valence-corrected chi connectivity index (χ1v) is 8.69. The Bertz CT molecular complexity index is 761. The van der Waals surface area contributed by atoms with Crippen LogP contribution in [0.3, 0.4) is 0 Å². The smallest absolute Gasteiger partial charge is 0.257 e. The lowest BCUT2D eigenvalue weighted by Gasteiger charge is -2.36. The van der Waals surface area contributed by atoms with E-state index in [0.29, 0.717) is 37.8 Å². The Balaban J connectivity index is 1.70. The molecule has 3 rings (SSSR count). The van der Waals surface area contributed by atoms with Crippen LogP contribution in [-0.2, 0) is 0 Å². The Labute approximate surface area is 151 Å². The molecule has 0 aromatic heterocycles. The van der Waals surface area contributed by atoms with Gasteiger partial charge in [0.15, 0.2) is 0 Å². The van der Waals surface area contributed by atoms with Crippen molar-refractivity contribution in [1.82, 2.24) is 4.90 Å². The summed E-state index contributed by atoms with van der Waals surface area (Å²) in [6.07, 6.45) is 0. The second-order valence-corrected chi connectivity index (χ2v) is 6.24. The minimum absolute atomic E-state index is 0.0238. The van der Waals surface area contributed by atoms with Crippen LogP contribution in [0.5, 0.6) is 5.75 Å². The van der Waals surface area contributed by atoms with Gasteiger partial charge in [-0.15, -0.1) is 0 Å². The molecule has 1 amide bonds. The van der Waals surface area contributed by atoms with Gasteiger partial charge in [0, 0.05) is 31.2 Å². The summed E-state index contributed by atoms with van der Waals surface area (Å²) in [6, 6.07) is 11.9. The number of hydrogen-bond acceptors (Lipinski definition) is 3. The summed E-state index contributed by atoms with van der Waals surface area (Å²) in [4.78, 5) is 16.4. The average Bonchev–Trinajstić information content (AvgIpc) is 2.64. The lowest BCUT2D eigenvalue weighted by molar-refractivity contribution is 0.0742. The van der Waals surface area contributed by atoms with Crippen molar-refractivity contribution in [3.63, 3.8) is 0 Å². The fourth-order valence-corrected chi connectivity index (χ4v) is 3.15. The number of piperazine rings is 1. The van der Waals surface area contributed by atoms with E-state index in [1.165, 1.54) is 18.2 Å². The molecule has 0 spiro atoms. The predicted molar refractivity (Wildman–Crippen MR) is 97.1 cm³/mol. The number of nitrogens with zero attached hydrogens (tertiary/aromatic N) is 2. The summed E-state index contributed by atoms with van der Waals surface area (Å²) in [5.74, 6) is -0.0260. The standard InChI is InChI=1S/C19H20ClFN2O2/c1-2-25-18-6-4-3-5-17(18)22-9-11-23(12-10-22)19(24)15-13-14(20)7-8-16(15)21/h3-8,13H,2,9-12H2,1H3. The zero-order valence-corrected chi connectivity index (χ0v) is 14.8. The summed E-state index contributed by atoms with van der Waals surface area (Å²) >= 11 is 5.89. The molecule has 2 aromatic rings. The number of ether oxygens (including phenoxy) is 1. The van der Waals surface area contributed by atoms with Gasteiger partial charge in [0.05, 0.1) is 17.9 Å². The molecule has 6 heteroatoms. The number of halogens is 2. The topological polar surface area (TPSA) is 32.8 Å². The second-order valence-electron chi connectivity index (χ2n) is 5.80. The molecule has 2 aromatic carbocycles. The van der Waals surface area contributed by atoms with Crippen LogP contribution in [-0.4, -0.2) is 43.6 Å². The van der Waals surface area contributed by atoms with E-state index in [-0.39, 0.29) is 11.5 Å². The molecule has 1 aliphatic rings. The number of para-hydroxylation sites is 2. The molecule has 0 N–H and O–H groups in total. The quantitative estimate of drug-likeness (QED) is 0.828. The summed E-state index contributed by atoms with van der Waals surface area (Å²) in [6.45, 7) is 4.92. The van der Waals surface area contributed by atoms with Crippen LogP contribution in [0.1, 0.15) is 17.3 Å². The first kappa shape index (κ1) is 17.5. The van der Waals surface area contributed by atoms with Crippen molar-refractivity contribution >= 4 is 23.2 Å². The highest BCUT2D eigenvalue weighted by Gasteiger charge is 2.25. The molecule has 1 aliphatic heterocycles. The third-order valence-corrected chi connectivity index (χ3v) is 4.47. The number of carbonyl (C=O) groups excluding carboxylic acids is 1. The van der Waals surface area contributed by atoms with E-state index in [4.69, 9.17) is 16.3 Å². The van der Waals surface area contributed by atoms with Crippen molar-refractivity contribution in [3.8, 4) is 5.75 Å². The first-order valence-electron chi connectivity index (χ1n) is 8.31. The highest BCUT2D eigenvalue weighted by molar-refractivity contribution is 6.31. The number of rotatable bonds is 4. The molecular weight excluding hydrogens is 343 g/mol. The third-order valence-electron chi connectivity index (χ3n) is 4.23. The van der Waals surface area contributed by atoms with E-state index in [1.54, 1.807) is 4.90 Å². The molecule has 1 heterocycles. The van der Waals surface area contributed by atoms with Crippen LogP contribution in [0.25, 0.3) is 0 Å². The number of hydrogen-bond donors (Lipinski definition) is 0. The normalized spacial score (nSPS) is 14.5. The fourth-order valence-electron chi connectivity index (χ4n) is 2.98. The zero-order chi connectivity index (χ0) is 17.8. The van der Waals surface area contributed by atoms with Crippen LogP contribution >= 0.6 is 11.6 Å². The van der Waals surface area contributed by atoms with E-state index in [0.717, 1.165) is 11.4 Å². The van der Waals surface area contributed by atoms with E-state index in [2.05, 4.69) is 4.90 Å². The van der Waals surface area contributed by atoms with Gasteiger partial charge in [-0.05, 0) is 37.3 Å². The first-order chi connectivity index (χ1) is 12.1. The Morgan fingerprint density at radius 3 is 2.60 bits per heavy atom. The molecule has 0 unspecified atom stereocenters. The van der Waals surface area contributed by atoms with Gasteiger partial charge in [0.25, 0.3) is 5.91 Å². The maximum absolute atomic E-state index is 13.9. The predicted octanol–water partition coefficient (Wildman–Crippen LogP) is 3.84. The Kier molecular flexibility index (Phi) is 5.43. The summed E-state index contributed by atoms with van der Waals surface area (Å²) in [7, 11) is 0. The van der Waals surface area contributed by atoms with Crippen LogP contribution < -0.4 is 9.64 Å². The molecule has 1 saturated heterocycles. The molecule has 4 nitrogen and oxygen atoms in total. The molecule has 0 saturated carbocycles. The zero-order valence-electron chi connectivity index (χ0n) is 14.0. The van der Waals surface area contributed by atoms with E-state index in [1.807, 2.05) is 31.2 Å². The van der Waals surface area contributed by atoms with E-state index < -0.39 is 5.82 Å². The van der Waals surface area contributed by atoms with Crippen molar-refractivity contribution in [2.45, 2.75) is 6.92 Å². The van der Waals surface area contributed by atoms with Gasteiger partial charge < -0.3 is 14.5 Å². The molecule has 25 heavy (non-hydrogen) atoms. The number of anilines is 1. The van der Waals surface area contributed by atoms with Gasteiger partial charge in [-0.25, -0.2) is 4.39 Å². The monoisotopic (exact) mass is 362 g/mol. The van der Waals surface area contributed by atoms with Gasteiger partial charge >= 0.3 is 0 Å². The second kappa shape index (κ2) is 7.74. The van der Waals surface area contributed by atoms with Crippen LogP contribution in [0.4, 0.5) is 10.1 Å². The van der Waals surface area contributed by atoms with Crippen LogP contribution in [0.2, 0.25) is 5.02 Å². The highest BCUT2D eigenvalue weighted by Crippen LogP contribution is 2.29. The summed E-state index contributed by atoms with van der Waals surface area (Å²) in [5, 5.41) is 0.356. The van der Waals surface area contributed by atoms with E-state index >= 15 is 0 Å². The van der Waals surface area contributed by atoms with Crippen molar-refractivity contribution in [2.24, 2.45) is 0 Å². The molecule has 0 bridgehead atoms. The van der Waals surface area contributed by atoms with Crippen LogP contribution in [0.15, 0.2) is 42.5 Å². The lowest BCUT2D eigenvalue weighted by atomic mass is 10.1.